The van der Waals surface area contributed by atoms with Crippen LogP contribution in [0.1, 0.15) is 6.23 Å². The predicted molar refractivity (Wildman–Crippen MR) is 154 cm³/mol. The second-order valence-corrected chi connectivity index (χ2v) is 13.6. The van der Waals surface area contributed by atoms with Crippen LogP contribution in [-0.2, 0) is 36.7 Å². The third-order valence-electron chi connectivity index (χ3n) is 7.12. The quantitative estimate of drug-likeness (QED) is 0.235. The minimum absolute atomic E-state index is 0.0612. The average molecular weight is 679 g/mol. The number of halogens is 2. The van der Waals surface area contributed by atoms with Crippen LogP contribution in [0.4, 0.5) is 14.6 Å². The second kappa shape index (κ2) is 12.1. The average Bonchev–Trinajstić information content (AvgIpc) is 3.75. The summed E-state index contributed by atoms with van der Waals surface area (Å²) in [7, 11) is -2.04. The molecule has 0 aliphatic carbocycles. The minimum atomic E-state index is -4.37. The van der Waals surface area contributed by atoms with E-state index in [1.807, 2.05) is 0 Å². The standard InChI is InChI=1S/C21H26F2N10O8P2S/c1-26-16(24)12-18(27-2)32(6-30-12)21-11(23)15-8(38-21)3-36-42(34)40-14-9(4-37-43(35,44)41-15)39-20(10(14)22)33-7-31-13-17(25)28-5-29-19(13)33/h5-11,14-15,20-21,42H,1,3-4,24H2,2H3,(H,35,44)(H2,25,28,29)/b16-12+,27-18+/t8-,9-,10-,11-,14-,15-,20-,21-,43+/m1/s1. The molecule has 0 spiro atoms. The van der Waals surface area contributed by atoms with E-state index in [1.165, 1.54) is 35.5 Å². The van der Waals surface area contributed by atoms with Gasteiger partial charge in [0.25, 0.3) is 0 Å². The summed E-state index contributed by atoms with van der Waals surface area (Å²) in [5.41, 5.74) is 12.1. The predicted octanol–water partition coefficient (Wildman–Crippen LogP) is 1.15. The molecule has 6 rings (SSSR count). The highest BCUT2D eigenvalue weighted by atomic mass is 32.7. The maximum absolute atomic E-state index is 15.9. The number of imidazole rings is 1. The molecule has 23 heteroatoms. The number of rotatable bonds is 3. The van der Waals surface area contributed by atoms with E-state index in [2.05, 4.69) is 48.9 Å². The first-order valence-corrected chi connectivity index (χ1v) is 16.7. The lowest BCUT2D eigenvalue weighted by Gasteiger charge is -2.26. The highest BCUT2D eigenvalue weighted by Crippen LogP contribution is 2.57. The van der Waals surface area contributed by atoms with Gasteiger partial charge in [-0.2, -0.15) is 0 Å². The maximum Gasteiger partial charge on any atom is 0.386 e. The van der Waals surface area contributed by atoms with Gasteiger partial charge in [0, 0.05) is 7.05 Å². The van der Waals surface area contributed by atoms with Gasteiger partial charge in [-0.15, -0.1) is 0 Å². The molecule has 0 bridgehead atoms. The van der Waals surface area contributed by atoms with Crippen LogP contribution in [0.3, 0.4) is 0 Å². The Morgan fingerprint density at radius 2 is 1.91 bits per heavy atom. The highest BCUT2D eigenvalue weighted by molar-refractivity contribution is 8.44. The number of anilines is 1. The van der Waals surface area contributed by atoms with Crippen molar-refractivity contribution >= 4 is 63.2 Å². The molecule has 2 aromatic heterocycles. The summed E-state index contributed by atoms with van der Waals surface area (Å²) in [6.07, 6.45) is -8.93. The fourth-order valence-electron chi connectivity index (χ4n) is 5.09. The zero-order valence-electron chi connectivity index (χ0n) is 22.6. The smallest absolute Gasteiger partial charge is 0.382 e. The lowest BCUT2D eigenvalue weighted by Crippen LogP contribution is -2.43. The summed E-state index contributed by atoms with van der Waals surface area (Å²) in [4.78, 5) is 25.0. The van der Waals surface area contributed by atoms with Gasteiger partial charge in [0.1, 0.15) is 42.0 Å². The van der Waals surface area contributed by atoms with E-state index in [9.17, 15) is 9.13 Å². The van der Waals surface area contributed by atoms with Crippen molar-refractivity contribution in [2.24, 2.45) is 20.7 Å². The van der Waals surface area contributed by atoms with Crippen molar-refractivity contribution < 1.29 is 45.5 Å². The Balaban J connectivity index is 1.23. The number of hydrogen-bond acceptors (Lipinski definition) is 16. The van der Waals surface area contributed by atoms with Crippen molar-refractivity contribution in [2.45, 2.75) is 49.2 Å². The van der Waals surface area contributed by atoms with Crippen molar-refractivity contribution in [2.75, 3.05) is 26.0 Å². The largest absolute Gasteiger partial charge is 0.386 e. The van der Waals surface area contributed by atoms with E-state index in [-0.39, 0.29) is 34.3 Å². The lowest BCUT2D eigenvalue weighted by atomic mass is 10.1. The molecule has 0 saturated carbocycles. The van der Waals surface area contributed by atoms with Crippen LogP contribution in [-0.4, -0.2) is 107 Å². The SMILES string of the molecule is C=N/C(N)=C1/N=CN([C@@H]2O[C@@H]3CO[PH](=O)O[C@H]4[C@@H](F)[C@H](n5cnc6c(N)ncnc65)O[C@@H]4CO[P@](=O)(S)O[C@H]3[C@H]2F)/C1=N/C. The van der Waals surface area contributed by atoms with Crippen molar-refractivity contribution in [1.82, 2.24) is 24.4 Å². The molecule has 4 aliphatic rings. The summed E-state index contributed by atoms with van der Waals surface area (Å²) < 4.78 is 92.5. The fourth-order valence-corrected chi connectivity index (χ4v) is 7.45. The van der Waals surface area contributed by atoms with Gasteiger partial charge >= 0.3 is 15.1 Å². The van der Waals surface area contributed by atoms with Crippen molar-refractivity contribution in [3.05, 3.63) is 24.2 Å². The third kappa shape index (κ3) is 5.56. The number of nitrogens with two attached hydrogens (primary N) is 2. The van der Waals surface area contributed by atoms with Crippen LogP contribution >= 0.6 is 27.3 Å². The van der Waals surface area contributed by atoms with Crippen LogP contribution in [0.5, 0.6) is 0 Å². The summed E-state index contributed by atoms with van der Waals surface area (Å²) in [6, 6.07) is 0. The van der Waals surface area contributed by atoms with E-state index in [0.29, 0.717) is 0 Å². The summed E-state index contributed by atoms with van der Waals surface area (Å²) in [5.74, 6) is 0.106. The monoisotopic (exact) mass is 678 g/mol. The topological polar surface area (TPSA) is 225 Å². The minimum Gasteiger partial charge on any atom is -0.382 e. The molecular formula is C21H26F2N10O8P2S. The molecule has 0 amide bonds. The van der Waals surface area contributed by atoms with Gasteiger partial charge in [0.2, 0.25) is 0 Å². The molecule has 2 aromatic rings. The molecule has 4 N–H and O–H groups in total. The fraction of sp³-hybridized carbons (Fsp3) is 0.524. The first-order chi connectivity index (χ1) is 21.0. The van der Waals surface area contributed by atoms with E-state index >= 15 is 8.78 Å². The summed E-state index contributed by atoms with van der Waals surface area (Å²) in [6.45, 7) is -2.21. The van der Waals surface area contributed by atoms with E-state index in [0.717, 1.165) is 0 Å². The van der Waals surface area contributed by atoms with E-state index in [4.69, 9.17) is 39.0 Å². The highest BCUT2D eigenvalue weighted by Gasteiger charge is 2.54. The number of alkyl halides is 2. The molecule has 1 unspecified atom stereocenters. The number of aliphatic imine (C=N–C) groups is 3. The Labute approximate surface area is 253 Å². The molecule has 10 atom stereocenters. The van der Waals surface area contributed by atoms with Crippen LogP contribution in [0.25, 0.3) is 11.2 Å². The molecule has 3 fully saturated rings. The first-order valence-electron chi connectivity index (χ1n) is 12.8. The van der Waals surface area contributed by atoms with Crippen LogP contribution in [0, 0.1) is 0 Å². The Hall–Kier alpha value is -2.87. The zero-order valence-corrected chi connectivity index (χ0v) is 25.4. The molecule has 0 radical (unpaired) electrons. The van der Waals surface area contributed by atoms with Gasteiger partial charge in [-0.1, -0.05) is 12.2 Å². The van der Waals surface area contributed by atoms with Crippen molar-refractivity contribution in [1.29, 1.82) is 0 Å². The Morgan fingerprint density at radius 1 is 1.18 bits per heavy atom. The lowest BCUT2D eigenvalue weighted by molar-refractivity contribution is -0.0537. The normalized spacial score (nSPS) is 40.0. The van der Waals surface area contributed by atoms with Gasteiger partial charge in [-0.05, 0) is 6.72 Å². The van der Waals surface area contributed by atoms with Gasteiger partial charge in [-0.3, -0.25) is 28.1 Å². The zero-order chi connectivity index (χ0) is 31.3. The van der Waals surface area contributed by atoms with Crippen LogP contribution in [0.15, 0.2) is 39.1 Å². The molecule has 3 saturated heterocycles. The summed E-state index contributed by atoms with van der Waals surface area (Å²) >= 11 is 3.99. The number of amidine groups is 1. The maximum atomic E-state index is 15.9. The number of nitrogen functional groups attached to an aromatic ring is 1. The Bertz CT molecular complexity index is 1630. The molecule has 6 heterocycles. The van der Waals surface area contributed by atoms with Gasteiger partial charge in [0.15, 0.2) is 47.9 Å². The third-order valence-corrected chi connectivity index (χ3v) is 9.60. The number of fused-ring (bicyclic) bond motifs is 3. The van der Waals surface area contributed by atoms with E-state index in [1.54, 1.807) is 0 Å². The molecule has 4 aliphatic heterocycles. The Morgan fingerprint density at radius 3 is 2.66 bits per heavy atom. The van der Waals surface area contributed by atoms with Crippen LogP contribution in [0.2, 0.25) is 0 Å². The van der Waals surface area contributed by atoms with E-state index < -0.39 is 77.5 Å². The second-order valence-electron chi connectivity index (χ2n) is 9.67. The van der Waals surface area contributed by atoms with Gasteiger partial charge < -0.3 is 30.0 Å². The number of hydrogen-bond donors (Lipinski definition) is 3. The molecule has 18 nitrogen and oxygen atoms in total. The molecule has 238 valence electrons. The van der Waals surface area contributed by atoms with Gasteiger partial charge in [-0.25, -0.2) is 38.3 Å². The van der Waals surface area contributed by atoms with Gasteiger partial charge in [0.05, 0.1) is 25.9 Å². The van der Waals surface area contributed by atoms with Crippen LogP contribution < -0.4 is 11.5 Å². The molecule has 0 aromatic carbocycles. The first kappa shape index (κ1) is 31.1. The Kier molecular flexibility index (Phi) is 8.59. The van der Waals surface area contributed by atoms with Crippen molar-refractivity contribution in [3.8, 4) is 0 Å². The van der Waals surface area contributed by atoms with Crippen molar-refractivity contribution in [3.63, 3.8) is 0 Å². The molecular weight excluding hydrogens is 652 g/mol. The number of ether oxygens (including phenoxy) is 2. The number of thiol groups is 1. The molecule has 44 heavy (non-hydrogen) atoms. The number of aromatic nitrogens is 4. The number of nitrogens with zero attached hydrogens (tertiary/aromatic N) is 8. The summed E-state index contributed by atoms with van der Waals surface area (Å²) in [5, 5.41) is 0.